The van der Waals surface area contributed by atoms with E-state index < -0.39 is 12.0 Å². The SMILES string of the molecule is NC(=O)c1ccc(N2CCN(C(=O)O)CC2)c(Cl)c1. The second-order valence-corrected chi connectivity index (χ2v) is 4.69. The Bertz CT molecular complexity index is 513. The highest BCUT2D eigenvalue weighted by Crippen LogP contribution is 2.27. The van der Waals surface area contributed by atoms with Crippen LogP contribution in [0.25, 0.3) is 0 Å². The van der Waals surface area contributed by atoms with Gasteiger partial charge in [0.15, 0.2) is 0 Å². The topological polar surface area (TPSA) is 86.9 Å². The molecule has 0 spiro atoms. The molecule has 0 atom stereocenters. The number of rotatable bonds is 2. The van der Waals surface area contributed by atoms with Gasteiger partial charge in [0.05, 0.1) is 10.7 Å². The lowest BCUT2D eigenvalue weighted by atomic mass is 10.1. The fourth-order valence-corrected chi connectivity index (χ4v) is 2.36. The molecule has 6 nitrogen and oxygen atoms in total. The average Bonchev–Trinajstić information content (AvgIpc) is 2.38. The van der Waals surface area contributed by atoms with Crippen LogP contribution < -0.4 is 10.6 Å². The normalized spacial score (nSPS) is 15.4. The lowest BCUT2D eigenvalue weighted by molar-refractivity contribution is 0.1000. The molecule has 3 N–H and O–H groups in total. The lowest BCUT2D eigenvalue weighted by Crippen LogP contribution is -2.48. The molecular formula is C12H14ClN3O3. The molecule has 2 amide bonds. The summed E-state index contributed by atoms with van der Waals surface area (Å²) in [7, 11) is 0. The molecule has 0 unspecified atom stereocenters. The molecule has 1 aliphatic rings. The highest BCUT2D eigenvalue weighted by molar-refractivity contribution is 6.33. The third-order valence-electron chi connectivity index (χ3n) is 3.12. The number of hydrogen-bond acceptors (Lipinski definition) is 3. The van der Waals surface area contributed by atoms with Crippen molar-refractivity contribution >= 4 is 29.3 Å². The van der Waals surface area contributed by atoms with Crippen LogP contribution in [0.2, 0.25) is 5.02 Å². The molecule has 0 aliphatic carbocycles. The number of primary amides is 1. The summed E-state index contributed by atoms with van der Waals surface area (Å²) in [6.07, 6.45) is -0.908. The average molecular weight is 284 g/mol. The molecule has 1 fully saturated rings. The van der Waals surface area contributed by atoms with Gasteiger partial charge in [-0.15, -0.1) is 0 Å². The maximum Gasteiger partial charge on any atom is 0.407 e. The molecule has 0 radical (unpaired) electrons. The van der Waals surface area contributed by atoms with Gasteiger partial charge in [0, 0.05) is 31.7 Å². The van der Waals surface area contributed by atoms with Gasteiger partial charge < -0.3 is 20.6 Å². The van der Waals surface area contributed by atoms with E-state index in [0.29, 0.717) is 36.8 Å². The number of amides is 2. The van der Waals surface area contributed by atoms with Gasteiger partial charge in [-0.1, -0.05) is 11.6 Å². The van der Waals surface area contributed by atoms with E-state index in [2.05, 4.69) is 0 Å². The highest BCUT2D eigenvalue weighted by Gasteiger charge is 2.22. The van der Waals surface area contributed by atoms with Crippen molar-refractivity contribution in [1.29, 1.82) is 0 Å². The number of carbonyl (C=O) groups excluding carboxylic acids is 1. The van der Waals surface area contributed by atoms with Crippen LogP contribution in [0.15, 0.2) is 18.2 Å². The van der Waals surface area contributed by atoms with E-state index >= 15 is 0 Å². The van der Waals surface area contributed by atoms with E-state index in [1.54, 1.807) is 12.1 Å². The molecule has 19 heavy (non-hydrogen) atoms. The minimum atomic E-state index is -0.908. The van der Waals surface area contributed by atoms with E-state index in [4.69, 9.17) is 22.4 Å². The van der Waals surface area contributed by atoms with Crippen LogP contribution in [0.1, 0.15) is 10.4 Å². The Morgan fingerprint density at radius 1 is 1.21 bits per heavy atom. The minimum absolute atomic E-state index is 0.359. The van der Waals surface area contributed by atoms with Crippen molar-refractivity contribution in [2.24, 2.45) is 5.73 Å². The van der Waals surface area contributed by atoms with Gasteiger partial charge in [0.1, 0.15) is 0 Å². The smallest absolute Gasteiger partial charge is 0.407 e. The third kappa shape index (κ3) is 2.90. The van der Waals surface area contributed by atoms with Crippen LogP contribution in [-0.2, 0) is 0 Å². The van der Waals surface area contributed by atoms with E-state index in [9.17, 15) is 9.59 Å². The fraction of sp³-hybridized carbons (Fsp3) is 0.333. The van der Waals surface area contributed by atoms with Crippen molar-refractivity contribution in [3.63, 3.8) is 0 Å². The monoisotopic (exact) mass is 283 g/mol. The van der Waals surface area contributed by atoms with E-state index in [0.717, 1.165) is 5.69 Å². The van der Waals surface area contributed by atoms with Gasteiger partial charge in [-0.2, -0.15) is 0 Å². The van der Waals surface area contributed by atoms with Crippen molar-refractivity contribution in [3.05, 3.63) is 28.8 Å². The zero-order chi connectivity index (χ0) is 14.0. The van der Waals surface area contributed by atoms with Crippen LogP contribution in [0.3, 0.4) is 0 Å². The number of benzene rings is 1. The van der Waals surface area contributed by atoms with Crippen molar-refractivity contribution in [1.82, 2.24) is 4.90 Å². The Hall–Kier alpha value is -1.95. The van der Waals surface area contributed by atoms with Crippen molar-refractivity contribution in [2.75, 3.05) is 31.1 Å². The summed E-state index contributed by atoms with van der Waals surface area (Å²) in [6, 6.07) is 4.88. The van der Waals surface area contributed by atoms with E-state index in [1.807, 2.05) is 4.90 Å². The number of nitrogens with zero attached hydrogens (tertiary/aromatic N) is 2. The van der Waals surface area contributed by atoms with Gasteiger partial charge in [-0.25, -0.2) is 4.79 Å². The molecule has 1 aromatic rings. The highest BCUT2D eigenvalue weighted by atomic mass is 35.5. The number of anilines is 1. The fourth-order valence-electron chi connectivity index (χ4n) is 2.06. The number of carbonyl (C=O) groups is 2. The van der Waals surface area contributed by atoms with Gasteiger partial charge in [0.2, 0.25) is 5.91 Å². The molecule has 1 aromatic carbocycles. The quantitative estimate of drug-likeness (QED) is 0.855. The molecule has 1 heterocycles. The first-order valence-corrected chi connectivity index (χ1v) is 6.19. The molecule has 7 heteroatoms. The Kier molecular flexibility index (Phi) is 3.80. The van der Waals surface area contributed by atoms with E-state index in [-0.39, 0.29) is 0 Å². The third-order valence-corrected chi connectivity index (χ3v) is 3.43. The van der Waals surface area contributed by atoms with Gasteiger partial charge in [-0.05, 0) is 18.2 Å². The zero-order valence-electron chi connectivity index (χ0n) is 10.2. The van der Waals surface area contributed by atoms with Crippen LogP contribution in [0, 0.1) is 0 Å². The predicted molar refractivity (Wildman–Crippen MR) is 71.8 cm³/mol. The number of halogens is 1. The predicted octanol–water partition coefficient (Wildman–Crippen LogP) is 1.24. The van der Waals surface area contributed by atoms with Crippen molar-refractivity contribution in [2.45, 2.75) is 0 Å². The molecule has 0 aromatic heterocycles. The largest absolute Gasteiger partial charge is 0.465 e. The van der Waals surface area contributed by atoms with Crippen molar-refractivity contribution in [3.8, 4) is 0 Å². The molecule has 1 saturated heterocycles. The van der Waals surface area contributed by atoms with Crippen molar-refractivity contribution < 1.29 is 14.7 Å². The summed E-state index contributed by atoms with van der Waals surface area (Å²) >= 11 is 6.13. The maximum atomic E-state index is 11.0. The molecule has 2 rings (SSSR count). The summed E-state index contributed by atoms with van der Waals surface area (Å²) in [6.45, 7) is 2.01. The summed E-state index contributed by atoms with van der Waals surface area (Å²) in [5.74, 6) is -0.524. The van der Waals surface area contributed by atoms with Gasteiger partial charge in [-0.3, -0.25) is 4.79 Å². The summed E-state index contributed by atoms with van der Waals surface area (Å²) in [5.41, 5.74) is 6.33. The number of nitrogens with two attached hydrogens (primary N) is 1. The molecule has 0 saturated carbocycles. The summed E-state index contributed by atoms with van der Waals surface area (Å²) in [5, 5.41) is 9.32. The first kappa shape index (κ1) is 13.5. The Morgan fingerprint density at radius 2 is 1.84 bits per heavy atom. The second-order valence-electron chi connectivity index (χ2n) is 4.29. The molecule has 102 valence electrons. The Morgan fingerprint density at radius 3 is 2.32 bits per heavy atom. The van der Waals surface area contributed by atoms with Gasteiger partial charge >= 0.3 is 6.09 Å². The molecule has 0 bridgehead atoms. The molecular weight excluding hydrogens is 270 g/mol. The number of piperazine rings is 1. The standard InChI is InChI=1S/C12H14ClN3O3/c13-9-7-8(11(14)17)1-2-10(9)15-3-5-16(6-4-15)12(18)19/h1-2,7H,3-6H2,(H2,14,17)(H,18,19). The second kappa shape index (κ2) is 5.36. The van der Waals surface area contributed by atoms with E-state index in [1.165, 1.54) is 11.0 Å². The Balaban J connectivity index is 2.11. The van der Waals surface area contributed by atoms with Gasteiger partial charge in [0.25, 0.3) is 0 Å². The minimum Gasteiger partial charge on any atom is -0.465 e. The summed E-state index contributed by atoms with van der Waals surface area (Å²) in [4.78, 5) is 25.2. The Labute approximate surface area is 115 Å². The van der Waals surface area contributed by atoms with Crippen LogP contribution in [0.5, 0.6) is 0 Å². The number of hydrogen-bond donors (Lipinski definition) is 2. The lowest BCUT2D eigenvalue weighted by Gasteiger charge is -2.35. The zero-order valence-corrected chi connectivity index (χ0v) is 10.9. The summed E-state index contributed by atoms with van der Waals surface area (Å²) < 4.78 is 0. The number of carboxylic acid groups (broad SMARTS) is 1. The molecule has 1 aliphatic heterocycles. The van der Waals surface area contributed by atoms with Crippen LogP contribution in [0.4, 0.5) is 10.5 Å². The van der Waals surface area contributed by atoms with Crippen LogP contribution in [-0.4, -0.2) is 48.2 Å². The first-order chi connectivity index (χ1) is 8.99. The first-order valence-electron chi connectivity index (χ1n) is 5.81. The maximum absolute atomic E-state index is 11.0. The van der Waals surface area contributed by atoms with Crippen LogP contribution >= 0.6 is 11.6 Å².